The molecule has 8 rings (SSSR count). The zero-order valence-electron chi connectivity index (χ0n) is 46.0. The van der Waals surface area contributed by atoms with Crippen LogP contribution < -0.4 is 10.6 Å². The first-order valence-electron chi connectivity index (χ1n) is 27.3. The summed E-state index contributed by atoms with van der Waals surface area (Å²) in [7, 11) is -4.85. The van der Waals surface area contributed by atoms with Gasteiger partial charge in [-0.1, -0.05) is 0 Å². The second kappa shape index (κ2) is 28.3. The predicted octanol–water partition coefficient (Wildman–Crippen LogP) is -10.2. The third kappa shape index (κ3) is 15.1. The van der Waals surface area contributed by atoms with Gasteiger partial charge in [0.05, 0.1) is 50.3 Å². The molecule has 8 aliphatic rings. The summed E-state index contributed by atoms with van der Waals surface area (Å²) in [4.78, 5) is 49.6. The first kappa shape index (κ1) is 68.4. The van der Waals surface area contributed by atoms with Crippen molar-refractivity contribution >= 4 is 25.6 Å². The van der Waals surface area contributed by atoms with Crippen molar-refractivity contribution < 1.29 is 171 Å². The van der Waals surface area contributed by atoms with Crippen molar-refractivity contribution in [3.8, 4) is 0 Å². The molecule has 38 heteroatoms. The van der Waals surface area contributed by atoms with E-state index in [4.69, 9.17) is 70.6 Å². The van der Waals surface area contributed by atoms with Crippen molar-refractivity contribution in [1.82, 2.24) is 10.6 Å². The Morgan fingerprint density at radius 1 is 0.541 bits per heavy atom. The number of amides is 2. The molecule has 0 aromatic carbocycles. The van der Waals surface area contributed by atoms with Gasteiger partial charge in [0.15, 0.2) is 50.1 Å². The molecule has 490 valence electrons. The number of carbonyl (C=O) groups excluding carboxylic acids is 2. The van der Waals surface area contributed by atoms with Crippen molar-refractivity contribution in [3.05, 3.63) is 0 Å². The van der Waals surface area contributed by atoms with Gasteiger partial charge < -0.3 is 154 Å². The summed E-state index contributed by atoms with van der Waals surface area (Å²) in [6.07, 6.45) is -59.5. The third-order valence-corrected chi connectivity index (χ3v) is 16.7. The average molecular weight is 1260 g/mol. The molecular weight excluding hydrogens is 1180 g/mol. The number of aliphatic hydroxyl groups excluding tert-OH is 14. The summed E-state index contributed by atoms with van der Waals surface area (Å²) in [5.41, 5.74) is 0. The molecular formula is C47H77N2O35P. The molecule has 8 aliphatic heterocycles. The van der Waals surface area contributed by atoms with Crippen LogP contribution in [-0.4, -0.2) is 328 Å². The Balaban J connectivity index is 1.11. The molecule has 0 radical (unpaired) electrons. The van der Waals surface area contributed by atoms with Gasteiger partial charge in [0.25, 0.3) is 0 Å². The van der Waals surface area contributed by atoms with Crippen LogP contribution in [0.5, 0.6) is 0 Å². The van der Waals surface area contributed by atoms with Crippen LogP contribution in [0.3, 0.4) is 0 Å². The summed E-state index contributed by atoms with van der Waals surface area (Å²) in [5, 5.41) is 169. The van der Waals surface area contributed by atoms with E-state index >= 15 is 0 Å². The Hall–Kier alpha value is -2.56. The van der Waals surface area contributed by atoms with Crippen LogP contribution in [0.25, 0.3) is 0 Å². The molecule has 85 heavy (non-hydrogen) atoms. The lowest BCUT2D eigenvalue weighted by Crippen LogP contribution is -2.72. The number of aliphatic hydroxyl groups is 14. The van der Waals surface area contributed by atoms with Crippen LogP contribution in [-0.2, 0) is 89.6 Å². The summed E-state index contributed by atoms with van der Waals surface area (Å²) in [5.74, 6) is -3.74. The second-order valence-corrected chi connectivity index (χ2v) is 23.4. The second-order valence-electron chi connectivity index (χ2n) is 22.0. The number of carboxylic acids is 1. The van der Waals surface area contributed by atoms with Crippen LogP contribution in [0.1, 0.15) is 47.5 Å². The van der Waals surface area contributed by atoms with Gasteiger partial charge in [-0.3, -0.25) is 18.6 Å². The zero-order valence-corrected chi connectivity index (χ0v) is 46.9. The highest BCUT2D eigenvalue weighted by molar-refractivity contribution is 7.47. The molecule has 0 spiro atoms. The van der Waals surface area contributed by atoms with E-state index in [0.29, 0.717) is 0 Å². The van der Waals surface area contributed by atoms with Gasteiger partial charge >= 0.3 is 13.8 Å². The van der Waals surface area contributed by atoms with E-state index in [9.17, 15) is 100 Å². The maximum atomic E-state index is 13.3. The van der Waals surface area contributed by atoms with Crippen molar-refractivity contribution in [3.63, 3.8) is 0 Å². The molecule has 0 aliphatic carbocycles. The summed E-state index contributed by atoms with van der Waals surface area (Å²) in [6, 6.07) is -3.69. The normalized spacial score (nSPS) is 51.0. The monoisotopic (exact) mass is 1260 g/mol. The average Bonchev–Trinajstić information content (AvgIpc) is 1.47. The molecule has 35 atom stereocenters. The van der Waals surface area contributed by atoms with Gasteiger partial charge in [-0.05, 0) is 20.8 Å². The van der Waals surface area contributed by atoms with Crippen LogP contribution in [0.15, 0.2) is 0 Å². The number of phosphoric acid groups is 1. The van der Waals surface area contributed by atoms with E-state index in [1.807, 2.05) is 0 Å². The Morgan fingerprint density at radius 3 is 1.62 bits per heavy atom. The highest BCUT2D eigenvalue weighted by atomic mass is 31.2. The van der Waals surface area contributed by atoms with Crippen molar-refractivity contribution in [2.75, 3.05) is 19.8 Å². The number of carboxylic acid groups (broad SMARTS) is 1. The van der Waals surface area contributed by atoms with Gasteiger partial charge in [0.1, 0.15) is 128 Å². The summed E-state index contributed by atoms with van der Waals surface area (Å²) < 4.78 is 100. The molecule has 37 nitrogen and oxygen atoms in total. The maximum Gasteiger partial charge on any atom is 0.472 e. The lowest BCUT2D eigenvalue weighted by molar-refractivity contribution is -0.395. The third-order valence-electron chi connectivity index (χ3n) is 15.7. The quantitative estimate of drug-likeness (QED) is 0.0567. The molecule has 0 bridgehead atoms. The Morgan fingerprint density at radius 2 is 1.06 bits per heavy atom. The Labute approximate surface area is 482 Å². The van der Waals surface area contributed by atoms with Crippen LogP contribution in [0.4, 0.5) is 0 Å². The molecule has 2 amide bonds. The molecule has 8 fully saturated rings. The molecule has 8 saturated heterocycles. The van der Waals surface area contributed by atoms with E-state index in [-0.39, 0.29) is 12.8 Å². The number of hydrogen-bond acceptors (Lipinski definition) is 33. The van der Waals surface area contributed by atoms with Gasteiger partial charge in [0.2, 0.25) is 11.8 Å². The SMILES string of the molecule is CC(=O)N[C@H]1[C@H](O[C@@H]2[C@H](O)[C@@H](O)[C@@H](O[C@H]3[C@H](O)[C@@H](C)O[C@@H](O[C@H]4[C@H](O)[C@@H]([C@@H](O)CO)O[C@H](O)[C@H]4O)[C@@H]3NC(C)=O)O[C@@H]2C(=O)O)O[C@H](CO)[C@@H](O[C@@H]2O[C@@H](C)[C@@H](O)C[C@@H]2O)[C@@H]1O[C@@H]1O[C@@H]2COP(=O)(O)O[C@@H]2[C@H](O)[C@H]1O[C@@H]1O[C@@H](C)[C@@H](O)C[C@@H]1O. The summed E-state index contributed by atoms with van der Waals surface area (Å²) in [6.45, 7) is 3.27. The minimum atomic E-state index is -4.85. The highest BCUT2D eigenvalue weighted by Crippen LogP contribution is 2.51. The smallest absolute Gasteiger partial charge is 0.472 e. The van der Waals surface area contributed by atoms with E-state index in [1.165, 1.54) is 20.8 Å². The first-order valence-corrected chi connectivity index (χ1v) is 28.8. The van der Waals surface area contributed by atoms with Gasteiger partial charge in [0, 0.05) is 26.7 Å². The molecule has 0 aromatic heterocycles. The lowest BCUT2D eigenvalue weighted by atomic mass is 9.93. The number of nitrogens with one attached hydrogen (secondary N) is 2. The fraction of sp³-hybridized carbons (Fsp3) is 0.936. The summed E-state index contributed by atoms with van der Waals surface area (Å²) >= 11 is 0. The van der Waals surface area contributed by atoms with E-state index in [2.05, 4.69) is 10.6 Å². The number of rotatable bonds is 18. The van der Waals surface area contributed by atoms with Crippen molar-refractivity contribution in [2.24, 2.45) is 0 Å². The minimum Gasteiger partial charge on any atom is -0.479 e. The minimum absolute atomic E-state index is 0.321. The Bertz CT molecular complexity index is 2290. The molecule has 18 N–H and O–H groups in total. The number of fused-ring (bicyclic) bond motifs is 1. The maximum absolute atomic E-state index is 13.3. The molecule has 0 aromatic rings. The van der Waals surface area contributed by atoms with Crippen molar-refractivity contribution in [2.45, 2.75) is 256 Å². The number of ether oxygens (including phenoxy) is 13. The molecule has 1 unspecified atom stereocenters. The number of phosphoric ester groups is 1. The Kier molecular flexibility index (Phi) is 22.8. The largest absolute Gasteiger partial charge is 0.479 e. The van der Waals surface area contributed by atoms with Crippen LogP contribution >= 0.6 is 7.82 Å². The van der Waals surface area contributed by atoms with E-state index < -0.39 is 254 Å². The first-order chi connectivity index (χ1) is 39.9. The van der Waals surface area contributed by atoms with Gasteiger partial charge in [-0.15, -0.1) is 0 Å². The molecule has 8 heterocycles. The molecule has 0 saturated carbocycles. The number of aliphatic carboxylic acids is 1. The standard InChI is InChI=1S/C47H77N2O35P/c1-11-16(54)6-18(56)42(71-11)77-33-21(9-51)74-45(24(49-15(5)53)35(33)79-47-38(82-43-19(57)7-17(55)12(2)72-43)29(63)32-22(75-47)10-70-85(68,69)84-32)81-37-26(60)27(61)46(83-39(37)40(65)66)78-34-23(48-14(4)52)44(73-13(3)25(34)59)80-36-28(62)31(20(58)8-50)76-41(67)30(36)64/h11-13,16-39,41-47,50-51,54-64,67H,6-10H2,1-5H3,(H,48,52)(H,49,53)(H,65,66)(H,68,69)/t11-,12-,13+,16-,17-,18-,19-,20-,21+,22+,23+,24+,25+,26+,27+,28+,29-,30-,31+,32-,33+,34+,35+,36-,37+,38+,39-,41-,42-,43-,44-,45-,46-,47-/m0/s1. The van der Waals surface area contributed by atoms with Crippen LogP contribution in [0, 0.1) is 0 Å². The number of hydrogen-bond donors (Lipinski definition) is 18. The fourth-order valence-electron chi connectivity index (χ4n) is 11.1. The number of carbonyl (C=O) groups is 3. The van der Waals surface area contributed by atoms with Crippen LogP contribution in [0.2, 0.25) is 0 Å². The van der Waals surface area contributed by atoms with E-state index in [0.717, 1.165) is 13.8 Å². The highest BCUT2D eigenvalue weighted by Gasteiger charge is 2.61. The lowest BCUT2D eigenvalue weighted by Gasteiger charge is -2.52. The van der Waals surface area contributed by atoms with Crippen molar-refractivity contribution in [1.29, 1.82) is 0 Å². The topological polar surface area (TPSA) is 554 Å². The fourth-order valence-corrected chi connectivity index (χ4v) is 12.1. The predicted molar refractivity (Wildman–Crippen MR) is 262 cm³/mol. The van der Waals surface area contributed by atoms with Gasteiger partial charge in [-0.25, -0.2) is 9.36 Å². The zero-order chi connectivity index (χ0) is 62.4. The van der Waals surface area contributed by atoms with E-state index in [1.54, 1.807) is 0 Å². The van der Waals surface area contributed by atoms with Gasteiger partial charge in [-0.2, -0.15) is 0 Å².